The van der Waals surface area contributed by atoms with Gasteiger partial charge in [0.2, 0.25) is 5.91 Å². The van der Waals surface area contributed by atoms with Crippen LogP contribution in [0.15, 0.2) is 24.3 Å². The number of halogens is 1. The molecule has 39 heavy (non-hydrogen) atoms. The van der Waals surface area contributed by atoms with Gasteiger partial charge >= 0.3 is 29.8 Å². The highest BCUT2D eigenvalue weighted by Crippen LogP contribution is 2.15. The number of carboxylic acids is 5. The van der Waals surface area contributed by atoms with Crippen LogP contribution in [-0.2, 0) is 35.2 Å². The molecule has 0 bridgehead atoms. The van der Waals surface area contributed by atoms with E-state index >= 15 is 0 Å². The average Bonchev–Trinajstić information content (AvgIpc) is 2.81. The molecule has 0 aliphatic heterocycles. The molecule has 0 saturated carbocycles. The van der Waals surface area contributed by atoms with Crippen LogP contribution in [0, 0.1) is 0 Å². The van der Waals surface area contributed by atoms with Gasteiger partial charge in [-0.2, -0.15) is 0 Å². The molecule has 216 valence electrons. The Bertz CT molecular complexity index is 990. The minimum Gasteiger partial charge on any atom is -0.480 e. The summed E-state index contributed by atoms with van der Waals surface area (Å²) in [5.74, 6) is -6.58. The highest BCUT2D eigenvalue weighted by Gasteiger charge is 2.27. The minimum atomic E-state index is -1.29. The minimum absolute atomic E-state index is 0.0847. The summed E-state index contributed by atoms with van der Waals surface area (Å²) in [6, 6.07) is 5.77. The standard InChI is InChI=1S/C23H31IN4O11/c24-8-18(29)25-16-3-1-15(2-4-16)7-17(28(13-22(36)37)14-23(38)39)9-26(10-19(30)31)5-6-27(11-20(32)33)12-21(34)35/h1-4,17H,5-14H2,(H,25,29)(H,30,31)(H,32,33)(H,34,35)(H,36,37)(H,38,39). The molecular weight excluding hydrogens is 635 g/mol. The summed E-state index contributed by atoms with van der Waals surface area (Å²) < 4.78 is 0.247. The van der Waals surface area contributed by atoms with Crippen LogP contribution in [0.2, 0.25) is 0 Å². The van der Waals surface area contributed by atoms with Crippen molar-refractivity contribution >= 4 is 64.0 Å². The lowest BCUT2D eigenvalue weighted by Crippen LogP contribution is -2.51. The summed E-state index contributed by atoms with van der Waals surface area (Å²) in [5, 5.41) is 49.0. The third-order valence-electron chi connectivity index (χ3n) is 5.30. The number of anilines is 1. The van der Waals surface area contributed by atoms with E-state index in [1.807, 2.05) is 22.6 Å². The van der Waals surface area contributed by atoms with Crippen LogP contribution >= 0.6 is 22.6 Å². The SMILES string of the molecule is O=C(O)CN(CCN(CC(=O)O)CC(Cc1ccc(NC(=O)CI)cc1)N(CC(=O)O)CC(=O)O)CC(=O)O. The van der Waals surface area contributed by atoms with Crippen LogP contribution in [0.1, 0.15) is 5.56 Å². The first-order valence-corrected chi connectivity index (χ1v) is 13.0. The molecule has 0 radical (unpaired) electrons. The molecule has 1 unspecified atom stereocenters. The van der Waals surface area contributed by atoms with E-state index in [0.717, 1.165) is 4.90 Å². The number of rotatable bonds is 20. The maximum atomic E-state index is 11.6. The predicted molar refractivity (Wildman–Crippen MR) is 144 cm³/mol. The second kappa shape index (κ2) is 17.3. The van der Waals surface area contributed by atoms with Gasteiger partial charge in [-0.3, -0.25) is 43.5 Å². The van der Waals surface area contributed by atoms with Gasteiger partial charge in [0, 0.05) is 31.4 Å². The summed E-state index contributed by atoms with van der Waals surface area (Å²) in [6.07, 6.45) is 0.116. The van der Waals surface area contributed by atoms with E-state index in [0.29, 0.717) is 11.3 Å². The lowest BCUT2D eigenvalue weighted by molar-refractivity contribution is -0.144. The normalized spacial score (nSPS) is 11.9. The second-order valence-corrected chi connectivity index (χ2v) is 9.32. The van der Waals surface area contributed by atoms with E-state index in [-0.39, 0.29) is 36.4 Å². The van der Waals surface area contributed by atoms with Crippen molar-refractivity contribution in [3.8, 4) is 0 Å². The van der Waals surface area contributed by atoms with E-state index in [1.165, 1.54) is 9.80 Å². The summed E-state index contributed by atoms with van der Waals surface area (Å²) >= 11 is 1.91. The fourth-order valence-corrected chi connectivity index (χ4v) is 3.96. The first-order chi connectivity index (χ1) is 18.3. The zero-order valence-electron chi connectivity index (χ0n) is 20.9. The number of alkyl halides is 1. The van der Waals surface area contributed by atoms with Gasteiger partial charge in [0.15, 0.2) is 0 Å². The molecule has 16 heteroatoms. The topological polar surface area (TPSA) is 225 Å². The Labute approximate surface area is 237 Å². The van der Waals surface area contributed by atoms with Crippen molar-refractivity contribution in [2.75, 3.05) is 62.1 Å². The first-order valence-electron chi connectivity index (χ1n) is 11.5. The lowest BCUT2D eigenvalue weighted by Gasteiger charge is -2.34. The Morgan fingerprint density at radius 3 is 1.56 bits per heavy atom. The Morgan fingerprint density at radius 2 is 1.13 bits per heavy atom. The van der Waals surface area contributed by atoms with Gasteiger partial charge in [-0.25, -0.2) is 0 Å². The summed E-state index contributed by atoms with van der Waals surface area (Å²) in [4.78, 5) is 72.0. The molecule has 0 heterocycles. The molecule has 1 rings (SSSR count). The zero-order chi connectivity index (χ0) is 29.5. The van der Waals surface area contributed by atoms with Crippen LogP contribution in [0.5, 0.6) is 0 Å². The van der Waals surface area contributed by atoms with Gasteiger partial charge < -0.3 is 30.8 Å². The fraction of sp³-hybridized carbons (Fsp3) is 0.478. The Morgan fingerprint density at radius 1 is 0.692 bits per heavy atom. The summed E-state index contributed by atoms with van der Waals surface area (Å²) in [6.45, 7) is -3.35. The molecule has 15 nitrogen and oxygen atoms in total. The van der Waals surface area contributed by atoms with Crippen molar-refractivity contribution in [2.45, 2.75) is 12.5 Å². The van der Waals surface area contributed by atoms with Crippen molar-refractivity contribution in [1.29, 1.82) is 0 Å². The summed E-state index contributed by atoms with van der Waals surface area (Å²) in [5.41, 5.74) is 1.18. The van der Waals surface area contributed by atoms with E-state index < -0.39 is 68.6 Å². The lowest BCUT2D eigenvalue weighted by atomic mass is 10.0. The third kappa shape index (κ3) is 15.0. The molecule has 1 aromatic carbocycles. The van der Waals surface area contributed by atoms with Gasteiger partial charge in [0.05, 0.1) is 37.2 Å². The number of hydrogen-bond acceptors (Lipinski definition) is 9. The highest BCUT2D eigenvalue weighted by molar-refractivity contribution is 14.1. The smallest absolute Gasteiger partial charge is 0.317 e. The molecule has 0 fully saturated rings. The van der Waals surface area contributed by atoms with Gasteiger partial charge in [-0.05, 0) is 24.1 Å². The van der Waals surface area contributed by atoms with Gasteiger partial charge in [0.25, 0.3) is 0 Å². The van der Waals surface area contributed by atoms with Crippen LogP contribution in [0.3, 0.4) is 0 Å². The van der Waals surface area contributed by atoms with Crippen molar-refractivity contribution in [3.05, 3.63) is 29.8 Å². The zero-order valence-corrected chi connectivity index (χ0v) is 23.0. The Hall–Kier alpha value is -3.35. The maximum absolute atomic E-state index is 11.6. The molecule has 0 aliphatic rings. The highest BCUT2D eigenvalue weighted by atomic mass is 127. The number of benzene rings is 1. The molecule has 0 spiro atoms. The predicted octanol–water partition coefficient (Wildman–Crippen LogP) is -0.700. The number of nitrogens with one attached hydrogen (secondary N) is 1. The number of amides is 1. The van der Waals surface area contributed by atoms with Crippen molar-refractivity contribution < 1.29 is 54.3 Å². The Balaban J connectivity index is 3.23. The maximum Gasteiger partial charge on any atom is 0.317 e. The molecule has 0 aromatic heterocycles. The largest absolute Gasteiger partial charge is 0.480 e. The molecule has 6 N–H and O–H groups in total. The van der Waals surface area contributed by atoms with E-state index in [9.17, 15) is 44.1 Å². The number of carboxylic acid groups (broad SMARTS) is 5. The molecule has 1 amide bonds. The van der Waals surface area contributed by atoms with Crippen LogP contribution in [0.25, 0.3) is 0 Å². The number of hydrogen-bond donors (Lipinski definition) is 6. The van der Waals surface area contributed by atoms with Gasteiger partial charge in [-0.15, -0.1) is 0 Å². The molecule has 0 saturated heterocycles. The van der Waals surface area contributed by atoms with E-state index in [2.05, 4.69) is 5.32 Å². The average molecular weight is 666 g/mol. The number of carbonyl (C=O) groups excluding carboxylic acids is 1. The Kier molecular flexibility index (Phi) is 14.9. The van der Waals surface area contributed by atoms with Gasteiger partial charge in [0.1, 0.15) is 0 Å². The third-order valence-corrected chi connectivity index (χ3v) is 5.99. The number of aliphatic carboxylic acids is 5. The molecular formula is C23H31IN4O11. The van der Waals surface area contributed by atoms with E-state index in [4.69, 9.17) is 10.2 Å². The second-order valence-electron chi connectivity index (χ2n) is 8.56. The van der Waals surface area contributed by atoms with Crippen LogP contribution < -0.4 is 5.32 Å². The van der Waals surface area contributed by atoms with Gasteiger partial charge in [-0.1, -0.05) is 34.7 Å². The first kappa shape index (κ1) is 33.7. The quantitative estimate of drug-likeness (QED) is 0.0748. The molecule has 0 aliphatic carbocycles. The van der Waals surface area contributed by atoms with Crippen LogP contribution in [0.4, 0.5) is 5.69 Å². The van der Waals surface area contributed by atoms with Crippen molar-refractivity contribution in [2.24, 2.45) is 0 Å². The molecule has 1 aromatic rings. The van der Waals surface area contributed by atoms with Crippen molar-refractivity contribution in [1.82, 2.24) is 14.7 Å². The summed E-state index contributed by atoms with van der Waals surface area (Å²) in [7, 11) is 0. The number of nitrogens with zero attached hydrogens (tertiary/aromatic N) is 3. The van der Waals surface area contributed by atoms with Crippen LogP contribution in [-0.4, -0.2) is 139 Å². The monoisotopic (exact) mass is 666 g/mol. The number of carbonyl (C=O) groups is 6. The fourth-order valence-electron chi connectivity index (χ4n) is 3.76. The van der Waals surface area contributed by atoms with E-state index in [1.54, 1.807) is 24.3 Å². The van der Waals surface area contributed by atoms with Crippen molar-refractivity contribution in [3.63, 3.8) is 0 Å². The molecule has 1 atom stereocenters.